The van der Waals surface area contributed by atoms with Crippen LogP contribution in [0.2, 0.25) is 0 Å². The van der Waals surface area contributed by atoms with Gasteiger partial charge in [-0.2, -0.15) is 0 Å². The van der Waals surface area contributed by atoms with Crippen LogP contribution in [0.4, 0.5) is 0 Å². The summed E-state index contributed by atoms with van der Waals surface area (Å²) in [4.78, 5) is 0. The number of benzene rings is 1. The molecule has 0 fully saturated rings. The van der Waals surface area contributed by atoms with Crippen molar-refractivity contribution >= 4 is 15.9 Å². The Bertz CT molecular complexity index is 274. The smallest absolute Gasteiger partial charge is 0.0454 e. The maximum absolute atomic E-state index is 3.46. The zero-order valence-electron chi connectivity index (χ0n) is 8.02. The maximum atomic E-state index is 3.46. The van der Waals surface area contributed by atoms with Crippen molar-refractivity contribution in [2.24, 2.45) is 0 Å². The molecule has 0 atom stereocenters. The van der Waals surface area contributed by atoms with E-state index in [1.54, 1.807) is 0 Å². The molecule has 0 radical (unpaired) electrons. The Balaban J connectivity index is 2.59. The Morgan fingerprint density at radius 1 is 1.38 bits per heavy atom. The van der Waals surface area contributed by atoms with E-state index in [0.717, 1.165) is 17.7 Å². The Hall–Kier alpha value is -0.380. The average Bonchev–Trinajstić information content (AvgIpc) is 2.11. The quantitative estimate of drug-likeness (QED) is 0.624. The van der Waals surface area contributed by atoms with Gasteiger partial charge >= 0.3 is 0 Å². The highest BCUT2D eigenvalue weighted by atomic mass is 79.9. The molecule has 0 aliphatic rings. The molecule has 0 amide bonds. The molecule has 2 N–H and O–H groups in total. The summed E-state index contributed by atoms with van der Waals surface area (Å²) >= 11 is 3.46. The summed E-state index contributed by atoms with van der Waals surface area (Å²) in [7, 11) is 1.93. The number of aryl methyl sites for hydroxylation is 1. The molecule has 0 spiro atoms. The molecule has 0 bridgehead atoms. The van der Waals surface area contributed by atoms with Gasteiger partial charge in [0.2, 0.25) is 0 Å². The van der Waals surface area contributed by atoms with E-state index in [-0.39, 0.29) is 0 Å². The largest absolute Gasteiger partial charge is 0.308 e. The molecule has 0 unspecified atom stereocenters. The first-order valence-electron chi connectivity index (χ1n) is 4.34. The van der Waals surface area contributed by atoms with Crippen LogP contribution in [0.3, 0.4) is 0 Å². The van der Waals surface area contributed by atoms with Crippen LogP contribution in [0.5, 0.6) is 0 Å². The van der Waals surface area contributed by atoms with E-state index in [0.29, 0.717) is 0 Å². The predicted molar refractivity (Wildman–Crippen MR) is 59.6 cm³/mol. The van der Waals surface area contributed by atoms with Gasteiger partial charge in [0.15, 0.2) is 0 Å². The lowest BCUT2D eigenvalue weighted by molar-refractivity contribution is 0.630. The minimum atomic E-state index is 0.839. The van der Waals surface area contributed by atoms with E-state index in [1.165, 1.54) is 11.1 Å². The second kappa shape index (κ2) is 5.37. The molecule has 0 aromatic heterocycles. The summed E-state index contributed by atoms with van der Waals surface area (Å²) in [5.41, 5.74) is 2.66. The van der Waals surface area contributed by atoms with Crippen molar-refractivity contribution in [2.45, 2.75) is 13.5 Å². The summed E-state index contributed by atoms with van der Waals surface area (Å²) < 4.78 is 1.14. The number of rotatable bonds is 4. The van der Waals surface area contributed by atoms with E-state index in [1.807, 2.05) is 7.05 Å². The fraction of sp³-hybridized carbons (Fsp3) is 0.400. The molecule has 1 aromatic rings. The van der Waals surface area contributed by atoms with Crippen LogP contribution in [0.1, 0.15) is 11.1 Å². The zero-order valence-corrected chi connectivity index (χ0v) is 9.61. The lowest BCUT2D eigenvalue weighted by Gasteiger charge is -2.07. The predicted octanol–water partition coefficient (Wildman–Crippen LogP) is 2.02. The lowest BCUT2D eigenvalue weighted by atomic mass is 10.1. The van der Waals surface area contributed by atoms with Gasteiger partial charge in [0.1, 0.15) is 0 Å². The number of halogens is 1. The maximum Gasteiger partial charge on any atom is 0.0454 e. The van der Waals surface area contributed by atoms with Crippen molar-refractivity contribution in [3.63, 3.8) is 0 Å². The Morgan fingerprint density at radius 3 is 2.85 bits per heavy atom. The fourth-order valence-electron chi connectivity index (χ4n) is 1.15. The fourth-order valence-corrected chi connectivity index (χ4v) is 1.56. The van der Waals surface area contributed by atoms with Gasteiger partial charge in [0, 0.05) is 17.7 Å². The monoisotopic (exact) mass is 242 g/mol. The topological polar surface area (TPSA) is 24.1 Å². The third-order valence-electron chi connectivity index (χ3n) is 1.93. The van der Waals surface area contributed by atoms with Crippen molar-refractivity contribution in [1.29, 1.82) is 0 Å². The van der Waals surface area contributed by atoms with Gasteiger partial charge in [-0.3, -0.25) is 0 Å². The Labute approximate surface area is 87.9 Å². The summed E-state index contributed by atoms with van der Waals surface area (Å²) in [6.07, 6.45) is 0. The summed E-state index contributed by atoms with van der Waals surface area (Å²) in [5, 5.41) is 6.34. The van der Waals surface area contributed by atoms with Gasteiger partial charge in [-0.1, -0.05) is 22.0 Å². The average molecular weight is 243 g/mol. The molecule has 72 valence electrons. The second-order valence-corrected chi connectivity index (χ2v) is 3.94. The van der Waals surface area contributed by atoms with E-state index < -0.39 is 0 Å². The summed E-state index contributed by atoms with van der Waals surface area (Å²) in [5.74, 6) is 0. The van der Waals surface area contributed by atoms with Gasteiger partial charge in [0.25, 0.3) is 0 Å². The number of hydrogen-bond acceptors (Lipinski definition) is 2. The minimum Gasteiger partial charge on any atom is -0.308 e. The number of nitrogens with one attached hydrogen (secondary N) is 2. The summed E-state index contributed by atoms with van der Waals surface area (Å²) in [6, 6.07) is 6.34. The third kappa shape index (κ3) is 3.46. The van der Waals surface area contributed by atoms with Crippen LogP contribution >= 0.6 is 15.9 Å². The third-order valence-corrected chi connectivity index (χ3v) is 2.42. The molecule has 0 aliphatic carbocycles. The van der Waals surface area contributed by atoms with Gasteiger partial charge in [-0.25, -0.2) is 0 Å². The molecule has 0 saturated heterocycles. The highest BCUT2D eigenvalue weighted by Gasteiger charge is 1.97. The minimum absolute atomic E-state index is 0.839. The molecule has 3 heteroatoms. The van der Waals surface area contributed by atoms with Crippen molar-refractivity contribution < 1.29 is 0 Å². The molecular formula is C10H15BrN2. The van der Waals surface area contributed by atoms with Crippen LogP contribution in [0, 0.1) is 6.92 Å². The van der Waals surface area contributed by atoms with Gasteiger partial charge in [0.05, 0.1) is 0 Å². The highest BCUT2D eigenvalue weighted by Crippen LogP contribution is 2.15. The molecule has 1 rings (SSSR count). The van der Waals surface area contributed by atoms with Crippen LogP contribution in [-0.2, 0) is 6.54 Å². The molecule has 2 nitrogen and oxygen atoms in total. The standard InChI is InChI=1S/C10H15BrN2/c1-8-3-4-10(11)5-9(8)6-13-7-12-2/h3-5,12-13H,6-7H2,1-2H3. The van der Waals surface area contributed by atoms with Crippen LogP contribution in [-0.4, -0.2) is 13.7 Å². The van der Waals surface area contributed by atoms with E-state index in [9.17, 15) is 0 Å². The zero-order chi connectivity index (χ0) is 9.68. The van der Waals surface area contributed by atoms with Crippen molar-refractivity contribution in [2.75, 3.05) is 13.7 Å². The van der Waals surface area contributed by atoms with Crippen LogP contribution < -0.4 is 10.6 Å². The second-order valence-electron chi connectivity index (χ2n) is 3.03. The Kier molecular flexibility index (Phi) is 4.42. The highest BCUT2D eigenvalue weighted by molar-refractivity contribution is 9.10. The molecule has 0 aliphatic heterocycles. The van der Waals surface area contributed by atoms with Crippen LogP contribution in [0.15, 0.2) is 22.7 Å². The van der Waals surface area contributed by atoms with Gasteiger partial charge in [-0.15, -0.1) is 0 Å². The Morgan fingerprint density at radius 2 is 2.15 bits per heavy atom. The normalized spacial score (nSPS) is 10.4. The first-order chi connectivity index (χ1) is 6.24. The van der Waals surface area contributed by atoms with E-state index in [4.69, 9.17) is 0 Å². The molecule has 0 saturated carbocycles. The summed E-state index contributed by atoms with van der Waals surface area (Å²) in [6.45, 7) is 3.88. The van der Waals surface area contributed by atoms with Crippen molar-refractivity contribution in [3.8, 4) is 0 Å². The molecule has 0 heterocycles. The van der Waals surface area contributed by atoms with Crippen LogP contribution in [0.25, 0.3) is 0 Å². The SMILES string of the molecule is CNCNCc1cc(Br)ccc1C. The first kappa shape index (κ1) is 10.7. The molecule has 13 heavy (non-hydrogen) atoms. The molecular weight excluding hydrogens is 228 g/mol. The lowest BCUT2D eigenvalue weighted by Crippen LogP contribution is -2.25. The van der Waals surface area contributed by atoms with Crippen molar-refractivity contribution in [3.05, 3.63) is 33.8 Å². The number of hydrogen-bond donors (Lipinski definition) is 2. The van der Waals surface area contributed by atoms with Gasteiger partial charge < -0.3 is 10.6 Å². The van der Waals surface area contributed by atoms with E-state index in [2.05, 4.69) is 51.7 Å². The first-order valence-corrected chi connectivity index (χ1v) is 5.13. The van der Waals surface area contributed by atoms with Gasteiger partial charge in [-0.05, 0) is 37.2 Å². The van der Waals surface area contributed by atoms with Crippen molar-refractivity contribution in [1.82, 2.24) is 10.6 Å². The molecule has 1 aromatic carbocycles. The van der Waals surface area contributed by atoms with E-state index >= 15 is 0 Å².